The lowest BCUT2D eigenvalue weighted by atomic mass is 10.1. The van der Waals surface area contributed by atoms with E-state index in [0.29, 0.717) is 21.0 Å². The van der Waals surface area contributed by atoms with Crippen LogP contribution in [0, 0.1) is 12.5 Å². The third kappa shape index (κ3) is 3.39. The van der Waals surface area contributed by atoms with Crippen LogP contribution in [0.15, 0.2) is 53.5 Å². The molecule has 0 unspecified atom stereocenters. The molecule has 2 aromatic carbocycles. The molecule has 5 aromatic rings. The molecule has 0 bridgehead atoms. The second-order valence-electron chi connectivity index (χ2n) is 6.49. The lowest BCUT2D eigenvalue weighted by Gasteiger charge is -2.11. The molecule has 10 heteroatoms. The lowest BCUT2D eigenvalue weighted by Crippen LogP contribution is -2.20. The van der Waals surface area contributed by atoms with Gasteiger partial charge in [0.25, 0.3) is 5.56 Å². The molecule has 5 rings (SSSR count). The Labute approximate surface area is 189 Å². The molecule has 0 amide bonds. The lowest BCUT2D eigenvalue weighted by molar-refractivity contribution is 1.05. The van der Waals surface area contributed by atoms with Crippen LogP contribution in [0.25, 0.3) is 33.2 Å². The van der Waals surface area contributed by atoms with Crippen molar-refractivity contribution in [1.29, 1.82) is 0 Å². The summed E-state index contributed by atoms with van der Waals surface area (Å²) in [4.78, 5) is 21.9. The van der Waals surface area contributed by atoms with Crippen molar-refractivity contribution in [2.45, 2.75) is 0 Å². The van der Waals surface area contributed by atoms with Gasteiger partial charge < -0.3 is 5.32 Å². The minimum absolute atomic E-state index is 0.270. The fourth-order valence-electron chi connectivity index (χ4n) is 3.20. The zero-order valence-electron chi connectivity index (χ0n) is 15.5. The highest BCUT2D eigenvalue weighted by Crippen LogP contribution is 2.33. The molecule has 0 spiro atoms. The summed E-state index contributed by atoms with van der Waals surface area (Å²) in [5.41, 5.74) is 2.81. The van der Waals surface area contributed by atoms with Crippen LogP contribution in [0.2, 0.25) is 10.0 Å². The van der Waals surface area contributed by atoms with Crippen LogP contribution in [0.4, 0.5) is 11.6 Å². The SMILES string of the molecule is C#Cn1c(=O)c(-c2c(Cl)cccc2Cl)cc2cnc(Nc3ccc4nsnc4c3)nc21. The first-order valence-electron chi connectivity index (χ1n) is 8.88. The van der Waals surface area contributed by atoms with Gasteiger partial charge in [0.2, 0.25) is 5.95 Å². The number of halogens is 2. The standard InChI is InChI=1S/C21H10Cl2N6OS/c1-2-29-19-11(8-13(20(29)30)18-14(22)4-3-5-15(18)23)10-24-21(26-19)25-12-6-7-16-17(9-12)28-31-27-16/h1,3-10H,(H,24,25,26). The maximum Gasteiger partial charge on any atom is 0.272 e. The number of fused-ring (bicyclic) bond motifs is 2. The summed E-state index contributed by atoms with van der Waals surface area (Å²) in [6, 6.07) is 14.6. The average molecular weight is 465 g/mol. The normalized spacial score (nSPS) is 11.0. The van der Waals surface area contributed by atoms with Crippen LogP contribution in [0.5, 0.6) is 0 Å². The van der Waals surface area contributed by atoms with E-state index in [-0.39, 0.29) is 17.2 Å². The summed E-state index contributed by atoms with van der Waals surface area (Å²) >= 11 is 13.7. The number of terminal acetylenes is 1. The number of anilines is 2. The maximum absolute atomic E-state index is 13.1. The highest BCUT2D eigenvalue weighted by Gasteiger charge is 2.17. The highest BCUT2D eigenvalue weighted by molar-refractivity contribution is 7.00. The Balaban J connectivity index is 1.64. The van der Waals surface area contributed by atoms with E-state index in [1.54, 1.807) is 30.5 Å². The minimum Gasteiger partial charge on any atom is -0.324 e. The maximum atomic E-state index is 13.1. The summed E-state index contributed by atoms with van der Waals surface area (Å²) < 4.78 is 9.51. The zero-order valence-corrected chi connectivity index (χ0v) is 17.8. The molecule has 150 valence electrons. The van der Waals surface area contributed by atoms with Crippen LogP contribution >= 0.6 is 34.9 Å². The number of benzene rings is 2. The molecule has 0 atom stereocenters. The van der Waals surface area contributed by atoms with E-state index < -0.39 is 5.56 Å². The van der Waals surface area contributed by atoms with Gasteiger partial charge >= 0.3 is 0 Å². The van der Waals surface area contributed by atoms with E-state index in [2.05, 4.69) is 30.1 Å². The molecule has 0 aliphatic carbocycles. The summed E-state index contributed by atoms with van der Waals surface area (Å²) in [6.07, 6.45) is 7.22. The molecule has 0 fully saturated rings. The fraction of sp³-hybridized carbons (Fsp3) is 0. The number of hydrogen-bond donors (Lipinski definition) is 1. The van der Waals surface area contributed by atoms with Gasteiger partial charge in [-0.15, -0.1) is 0 Å². The Morgan fingerprint density at radius 1 is 1.06 bits per heavy atom. The van der Waals surface area contributed by atoms with Gasteiger partial charge in [0.05, 0.1) is 27.3 Å². The first-order chi connectivity index (χ1) is 15.0. The second-order valence-corrected chi connectivity index (χ2v) is 7.83. The van der Waals surface area contributed by atoms with Crippen LogP contribution in [-0.4, -0.2) is 23.3 Å². The fourth-order valence-corrected chi connectivity index (χ4v) is 4.32. The number of nitrogens with one attached hydrogen (secondary N) is 1. The van der Waals surface area contributed by atoms with E-state index >= 15 is 0 Å². The van der Waals surface area contributed by atoms with E-state index in [1.807, 2.05) is 18.2 Å². The molecule has 0 saturated carbocycles. The predicted molar refractivity (Wildman–Crippen MR) is 124 cm³/mol. The number of hydrogen-bond acceptors (Lipinski definition) is 7. The molecule has 3 heterocycles. The van der Waals surface area contributed by atoms with E-state index in [0.717, 1.165) is 33.0 Å². The van der Waals surface area contributed by atoms with Crippen molar-refractivity contribution in [2.24, 2.45) is 0 Å². The molecule has 0 radical (unpaired) electrons. The summed E-state index contributed by atoms with van der Waals surface area (Å²) in [6.45, 7) is 0. The Hall–Kier alpha value is -3.51. The summed E-state index contributed by atoms with van der Waals surface area (Å²) in [5, 5.41) is 4.36. The van der Waals surface area contributed by atoms with Gasteiger partial charge in [0.1, 0.15) is 11.0 Å². The van der Waals surface area contributed by atoms with Crippen LogP contribution in [-0.2, 0) is 0 Å². The van der Waals surface area contributed by atoms with Crippen molar-refractivity contribution >= 4 is 68.6 Å². The van der Waals surface area contributed by atoms with Crippen molar-refractivity contribution in [3.8, 4) is 23.6 Å². The molecule has 0 saturated heterocycles. The van der Waals surface area contributed by atoms with Crippen molar-refractivity contribution in [3.63, 3.8) is 0 Å². The quantitative estimate of drug-likeness (QED) is 0.380. The molecule has 3 aromatic heterocycles. The van der Waals surface area contributed by atoms with Crippen LogP contribution < -0.4 is 10.9 Å². The van der Waals surface area contributed by atoms with Gasteiger partial charge in [-0.05, 0) is 36.4 Å². The molecular weight excluding hydrogens is 455 g/mol. The number of pyridine rings is 1. The number of nitrogens with zero attached hydrogens (tertiary/aromatic N) is 5. The van der Waals surface area contributed by atoms with Gasteiger partial charge in [-0.25, -0.2) is 9.55 Å². The van der Waals surface area contributed by atoms with Gasteiger partial charge in [-0.1, -0.05) is 35.7 Å². The topological polar surface area (TPSA) is 85.6 Å². The van der Waals surface area contributed by atoms with Gasteiger partial charge in [0, 0.05) is 28.9 Å². The smallest absolute Gasteiger partial charge is 0.272 e. The van der Waals surface area contributed by atoms with Gasteiger partial charge in [-0.2, -0.15) is 13.7 Å². The molecule has 0 aliphatic rings. The van der Waals surface area contributed by atoms with Gasteiger partial charge in [0.15, 0.2) is 5.65 Å². The van der Waals surface area contributed by atoms with Crippen LogP contribution in [0.3, 0.4) is 0 Å². The Kier molecular flexibility index (Phi) is 4.79. The van der Waals surface area contributed by atoms with Crippen molar-refractivity contribution in [3.05, 3.63) is 69.1 Å². The molecule has 31 heavy (non-hydrogen) atoms. The van der Waals surface area contributed by atoms with Crippen molar-refractivity contribution in [1.82, 2.24) is 23.3 Å². The van der Waals surface area contributed by atoms with Crippen molar-refractivity contribution in [2.75, 3.05) is 5.32 Å². The van der Waals surface area contributed by atoms with Gasteiger partial charge in [-0.3, -0.25) is 4.79 Å². The summed E-state index contributed by atoms with van der Waals surface area (Å²) in [5.74, 6) is 0.280. The first kappa shape index (κ1) is 19.5. The Bertz CT molecular complexity index is 1570. The molecule has 0 aliphatic heterocycles. The van der Waals surface area contributed by atoms with E-state index in [4.69, 9.17) is 29.6 Å². The first-order valence-corrected chi connectivity index (χ1v) is 10.4. The largest absolute Gasteiger partial charge is 0.324 e. The minimum atomic E-state index is -0.454. The zero-order chi connectivity index (χ0) is 21.5. The predicted octanol–water partition coefficient (Wildman–Crippen LogP) is 4.95. The van der Waals surface area contributed by atoms with E-state index in [9.17, 15) is 4.79 Å². The third-order valence-corrected chi connectivity index (χ3v) is 5.80. The third-order valence-electron chi connectivity index (χ3n) is 4.61. The monoisotopic (exact) mass is 464 g/mol. The molecular formula is C21H10Cl2N6OS. The Morgan fingerprint density at radius 3 is 2.61 bits per heavy atom. The average Bonchev–Trinajstić information content (AvgIpc) is 3.22. The highest BCUT2D eigenvalue weighted by atomic mass is 35.5. The molecule has 7 nitrogen and oxygen atoms in total. The Morgan fingerprint density at radius 2 is 1.84 bits per heavy atom. The summed E-state index contributed by atoms with van der Waals surface area (Å²) in [7, 11) is 0. The molecule has 1 N–H and O–H groups in total. The second kappa shape index (κ2) is 7.63. The number of rotatable bonds is 3. The van der Waals surface area contributed by atoms with E-state index in [1.165, 1.54) is 0 Å². The van der Waals surface area contributed by atoms with Crippen LogP contribution in [0.1, 0.15) is 0 Å². The number of aromatic nitrogens is 5. The van der Waals surface area contributed by atoms with Crippen molar-refractivity contribution < 1.29 is 0 Å².